The fourth-order valence-corrected chi connectivity index (χ4v) is 5.98. The first-order valence-corrected chi connectivity index (χ1v) is 12.4. The summed E-state index contributed by atoms with van der Waals surface area (Å²) in [6.07, 6.45) is 1.20. The largest absolute Gasteiger partial charge is 0.366 e. The van der Waals surface area contributed by atoms with Crippen molar-refractivity contribution in [2.45, 2.75) is 30.7 Å². The van der Waals surface area contributed by atoms with Gasteiger partial charge in [0.15, 0.2) is 0 Å². The van der Waals surface area contributed by atoms with Gasteiger partial charge in [-0.25, -0.2) is 17.8 Å². The van der Waals surface area contributed by atoms with Gasteiger partial charge in [0.25, 0.3) is 10.0 Å². The molecule has 3 aromatic rings. The predicted molar refractivity (Wildman–Crippen MR) is 123 cm³/mol. The minimum Gasteiger partial charge on any atom is -0.366 e. The molecule has 12 heteroatoms. The summed E-state index contributed by atoms with van der Waals surface area (Å²) < 4.78 is 45.8. The van der Waals surface area contributed by atoms with Crippen molar-refractivity contribution in [1.29, 1.82) is 0 Å². The Hall–Kier alpha value is -1.65. The Morgan fingerprint density at radius 3 is 2.55 bits per heavy atom. The Morgan fingerprint density at radius 1 is 1.16 bits per heavy atom. The molecule has 0 amide bonds. The molecule has 0 unspecified atom stereocenters. The zero-order valence-electron chi connectivity index (χ0n) is 16.3. The lowest BCUT2D eigenvalue weighted by atomic mass is 9.87. The number of sulfonamides is 1. The lowest BCUT2D eigenvalue weighted by Crippen LogP contribution is -2.28. The number of halogens is 4. The van der Waals surface area contributed by atoms with E-state index in [4.69, 9.17) is 34.8 Å². The second-order valence-electron chi connectivity index (χ2n) is 7.75. The minimum absolute atomic E-state index is 0.0334. The number of nitrogens with one attached hydrogen (secondary N) is 1. The number of anilines is 2. The van der Waals surface area contributed by atoms with Gasteiger partial charge in [0.2, 0.25) is 5.13 Å². The fraction of sp³-hybridized carbons (Fsp3) is 0.263. The van der Waals surface area contributed by atoms with Gasteiger partial charge in [0.05, 0.1) is 10.0 Å². The summed E-state index contributed by atoms with van der Waals surface area (Å²) >= 11 is 19.6. The molecule has 2 heterocycles. The predicted octanol–water partition coefficient (Wildman–Crippen LogP) is 5.74. The molecule has 1 N–H and O–H groups in total. The van der Waals surface area contributed by atoms with Crippen LogP contribution in [0.1, 0.15) is 25.0 Å². The highest BCUT2D eigenvalue weighted by Crippen LogP contribution is 2.45. The molecule has 4 rings (SSSR count). The van der Waals surface area contributed by atoms with E-state index in [1.807, 2.05) is 11.0 Å². The maximum Gasteiger partial charge on any atom is 0.266 e. The molecule has 0 atom stereocenters. The standard InChI is InChI=1S/C19H16Cl3FN4O2S2/c1-19(2)8-27(16-5-14(22)13(21)4-11(16)19)7-10-3-15(23)17(6-12(10)20)31(28,29)26-18-24-9-25-30-18/h3-6,9H,7-8H2,1-2H3,(H,24,25,26). The maximum atomic E-state index is 14.8. The van der Waals surface area contributed by atoms with E-state index in [2.05, 4.69) is 27.9 Å². The van der Waals surface area contributed by atoms with Gasteiger partial charge in [0, 0.05) is 40.7 Å². The van der Waals surface area contributed by atoms with Crippen LogP contribution in [0.4, 0.5) is 15.2 Å². The molecule has 1 aliphatic rings. The van der Waals surface area contributed by atoms with Gasteiger partial charge in [-0.05, 0) is 35.4 Å². The van der Waals surface area contributed by atoms with Crippen LogP contribution in [0.15, 0.2) is 35.5 Å². The van der Waals surface area contributed by atoms with E-state index in [1.165, 1.54) is 6.33 Å². The SMILES string of the molecule is CC1(C)CN(Cc2cc(F)c(S(=O)(=O)Nc3ncns3)cc2Cl)c2cc(Cl)c(Cl)cc21. The summed E-state index contributed by atoms with van der Waals surface area (Å²) in [5.41, 5.74) is 2.15. The van der Waals surface area contributed by atoms with Crippen LogP contribution in [0.2, 0.25) is 15.1 Å². The summed E-state index contributed by atoms with van der Waals surface area (Å²) in [4.78, 5) is 5.21. The van der Waals surface area contributed by atoms with Crippen molar-refractivity contribution in [1.82, 2.24) is 9.36 Å². The molecule has 31 heavy (non-hydrogen) atoms. The van der Waals surface area contributed by atoms with Crippen molar-refractivity contribution in [3.8, 4) is 0 Å². The van der Waals surface area contributed by atoms with Gasteiger partial charge in [-0.2, -0.15) is 4.37 Å². The van der Waals surface area contributed by atoms with Crippen molar-refractivity contribution in [3.05, 3.63) is 62.6 Å². The van der Waals surface area contributed by atoms with Crippen LogP contribution in [0.3, 0.4) is 0 Å². The molecule has 1 aliphatic heterocycles. The summed E-state index contributed by atoms with van der Waals surface area (Å²) in [6.45, 7) is 5.06. The van der Waals surface area contributed by atoms with E-state index in [9.17, 15) is 12.8 Å². The van der Waals surface area contributed by atoms with Gasteiger partial charge in [-0.3, -0.25) is 4.72 Å². The first-order chi connectivity index (χ1) is 14.5. The van der Waals surface area contributed by atoms with Crippen molar-refractivity contribution in [2.75, 3.05) is 16.2 Å². The third-order valence-electron chi connectivity index (χ3n) is 5.03. The second-order valence-corrected chi connectivity index (χ2v) is 11.4. The van der Waals surface area contributed by atoms with E-state index in [0.717, 1.165) is 34.9 Å². The Bertz CT molecular complexity index is 1270. The summed E-state index contributed by atoms with van der Waals surface area (Å²) in [6, 6.07) is 5.87. The van der Waals surface area contributed by atoms with Crippen LogP contribution >= 0.6 is 46.3 Å². The summed E-state index contributed by atoms with van der Waals surface area (Å²) in [5, 5.41) is 1.05. The Morgan fingerprint density at radius 2 is 1.87 bits per heavy atom. The van der Waals surface area contributed by atoms with Gasteiger partial charge in [-0.1, -0.05) is 48.7 Å². The lowest BCUT2D eigenvalue weighted by molar-refractivity contribution is 0.548. The topological polar surface area (TPSA) is 75.2 Å². The first kappa shape index (κ1) is 22.5. The Kier molecular flexibility index (Phi) is 5.85. The number of fused-ring (bicyclic) bond motifs is 1. The molecule has 0 bridgehead atoms. The molecular weight excluding hydrogens is 506 g/mol. The van der Waals surface area contributed by atoms with Crippen molar-refractivity contribution in [2.24, 2.45) is 0 Å². The van der Waals surface area contributed by atoms with E-state index in [1.54, 1.807) is 6.07 Å². The third kappa shape index (κ3) is 4.34. The van der Waals surface area contributed by atoms with Crippen molar-refractivity contribution in [3.63, 3.8) is 0 Å². The molecule has 0 spiro atoms. The zero-order valence-corrected chi connectivity index (χ0v) is 20.2. The van der Waals surface area contributed by atoms with Crippen LogP contribution in [0.25, 0.3) is 0 Å². The summed E-state index contributed by atoms with van der Waals surface area (Å²) in [5.74, 6) is -0.913. The molecule has 0 saturated heterocycles. The second kappa shape index (κ2) is 8.04. The van der Waals surface area contributed by atoms with Crippen molar-refractivity contribution < 1.29 is 12.8 Å². The zero-order chi connectivity index (χ0) is 22.6. The smallest absolute Gasteiger partial charge is 0.266 e. The normalized spacial score (nSPS) is 15.2. The quantitative estimate of drug-likeness (QED) is 0.464. The van der Waals surface area contributed by atoms with Crippen LogP contribution in [-0.2, 0) is 22.0 Å². The number of benzene rings is 2. The lowest BCUT2D eigenvalue weighted by Gasteiger charge is -2.23. The number of rotatable bonds is 5. The molecular formula is C19H16Cl3FN4O2S2. The van der Waals surface area contributed by atoms with E-state index < -0.39 is 20.7 Å². The monoisotopic (exact) mass is 520 g/mol. The van der Waals surface area contributed by atoms with Crippen LogP contribution in [0, 0.1) is 5.82 Å². The van der Waals surface area contributed by atoms with Gasteiger partial charge < -0.3 is 4.90 Å². The number of aromatic nitrogens is 2. The van der Waals surface area contributed by atoms with Gasteiger partial charge >= 0.3 is 0 Å². The van der Waals surface area contributed by atoms with Gasteiger partial charge in [-0.15, -0.1) is 0 Å². The molecule has 0 saturated carbocycles. The Balaban J connectivity index is 1.66. The van der Waals surface area contributed by atoms with Crippen LogP contribution in [0.5, 0.6) is 0 Å². The maximum absolute atomic E-state index is 14.8. The molecule has 2 aromatic carbocycles. The first-order valence-electron chi connectivity index (χ1n) is 9.00. The van der Waals surface area contributed by atoms with E-state index >= 15 is 0 Å². The number of hydrogen-bond acceptors (Lipinski definition) is 6. The highest BCUT2D eigenvalue weighted by molar-refractivity contribution is 7.93. The molecule has 6 nitrogen and oxygen atoms in total. The van der Waals surface area contributed by atoms with Gasteiger partial charge in [0.1, 0.15) is 17.0 Å². The van der Waals surface area contributed by atoms with E-state index in [-0.39, 0.29) is 22.1 Å². The van der Waals surface area contributed by atoms with E-state index in [0.29, 0.717) is 22.2 Å². The molecule has 1 aromatic heterocycles. The number of nitrogens with zero attached hydrogens (tertiary/aromatic N) is 3. The molecule has 164 valence electrons. The van der Waals surface area contributed by atoms with Crippen LogP contribution < -0.4 is 9.62 Å². The average molecular weight is 522 g/mol. The van der Waals surface area contributed by atoms with Crippen LogP contribution in [-0.4, -0.2) is 24.3 Å². The highest BCUT2D eigenvalue weighted by atomic mass is 35.5. The average Bonchev–Trinajstić information content (AvgIpc) is 3.25. The minimum atomic E-state index is -4.21. The number of hydrogen-bond donors (Lipinski definition) is 1. The molecule has 0 radical (unpaired) electrons. The molecule has 0 aliphatic carbocycles. The highest BCUT2D eigenvalue weighted by Gasteiger charge is 2.36. The van der Waals surface area contributed by atoms with Crippen molar-refractivity contribution >= 4 is 67.2 Å². The summed E-state index contributed by atoms with van der Waals surface area (Å²) in [7, 11) is -4.21. The molecule has 0 fully saturated rings. The fourth-order valence-electron chi connectivity index (χ4n) is 3.62. The Labute approximate surface area is 198 Å². The third-order valence-corrected chi connectivity index (χ3v) is 8.17.